The third-order valence-corrected chi connectivity index (χ3v) is 2.54. The summed E-state index contributed by atoms with van der Waals surface area (Å²) in [5.41, 5.74) is 1.08. The van der Waals surface area contributed by atoms with Gasteiger partial charge in [0.1, 0.15) is 0 Å². The van der Waals surface area contributed by atoms with Crippen LogP contribution in [0.5, 0.6) is 0 Å². The number of hydrogen-bond acceptors (Lipinski definition) is 2. The molecule has 0 bridgehead atoms. The lowest BCUT2D eigenvalue weighted by Gasteiger charge is -1.99. The fraction of sp³-hybridized carbons (Fsp3) is 0.273. The molecule has 15 heavy (non-hydrogen) atoms. The van der Waals surface area contributed by atoms with Gasteiger partial charge < -0.3 is 0 Å². The molecule has 4 heteroatoms. The summed E-state index contributed by atoms with van der Waals surface area (Å²) >= 11 is 0. The average molecular weight is 203 g/mol. The summed E-state index contributed by atoms with van der Waals surface area (Å²) in [5.74, 6) is 0.665. The van der Waals surface area contributed by atoms with Crippen molar-refractivity contribution in [1.82, 2.24) is 14.8 Å². The molecule has 1 fully saturated rings. The number of halogens is 1. The monoisotopic (exact) mass is 203 g/mol. The van der Waals surface area contributed by atoms with E-state index in [0.29, 0.717) is 11.7 Å². The molecular formula is C11H10FN3. The Hall–Kier alpha value is -1.71. The van der Waals surface area contributed by atoms with Crippen LogP contribution >= 0.6 is 0 Å². The van der Waals surface area contributed by atoms with E-state index in [0.717, 1.165) is 5.69 Å². The first-order chi connectivity index (χ1) is 7.33. The molecule has 0 atom stereocenters. The summed E-state index contributed by atoms with van der Waals surface area (Å²) in [5, 5.41) is 4.37. The first-order valence-electron chi connectivity index (χ1n) is 5.01. The molecule has 76 valence electrons. The Morgan fingerprint density at radius 3 is 2.87 bits per heavy atom. The number of pyridine rings is 1. The zero-order valence-electron chi connectivity index (χ0n) is 8.10. The fourth-order valence-electron chi connectivity index (χ4n) is 1.59. The molecule has 2 aromatic rings. The van der Waals surface area contributed by atoms with Crippen LogP contribution < -0.4 is 0 Å². The summed E-state index contributed by atoms with van der Waals surface area (Å²) in [6.07, 6.45) is 4.26. The molecule has 2 aromatic heterocycles. The highest BCUT2D eigenvalue weighted by molar-refractivity contribution is 5.23. The third kappa shape index (κ3) is 1.63. The smallest absolute Gasteiger partial charge is 0.214 e. The van der Waals surface area contributed by atoms with E-state index in [4.69, 9.17) is 0 Å². The van der Waals surface area contributed by atoms with Crippen molar-refractivity contribution in [2.75, 3.05) is 0 Å². The Kier molecular flexibility index (Phi) is 1.80. The van der Waals surface area contributed by atoms with Crippen molar-refractivity contribution in [3.63, 3.8) is 0 Å². The highest BCUT2D eigenvalue weighted by atomic mass is 19.1. The van der Waals surface area contributed by atoms with E-state index in [9.17, 15) is 4.39 Å². The molecule has 0 aromatic carbocycles. The van der Waals surface area contributed by atoms with Gasteiger partial charge in [0.05, 0.1) is 5.69 Å². The summed E-state index contributed by atoms with van der Waals surface area (Å²) in [6, 6.07) is 6.68. The van der Waals surface area contributed by atoms with Gasteiger partial charge in [-0.15, -0.1) is 0 Å². The number of hydrogen-bond donors (Lipinski definition) is 0. The Labute approximate surface area is 86.6 Å². The van der Waals surface area contributed by atoms with Crippen LogP contribution in [0.4, 0.5) is 4.39 Å². The van der Waals surface area contributed by atoms with Crippen molar-refractivity contribution < 1.29 is 4.39 Å². The van der Waals surface area contributed by atoms with Crippen LogP contribution in [-0.2, 0) is 0 Å². The molecule has 0 amide bonds. The molecule has 0 N–H and O–H groups in total. The Bertz CT molecular complexity index is 488. The summed E-state index contributed by atoms with van der Waals surface area (Å²) < 4.78 is 14.5. The topological polar surface area (TPSA) is 30.7 Å². The Morgan fingerprint density at radius 1 is 1.27 bits per heavy atom. The Morgan fingerprint density at radius 2 is 2.13 bits per heavy atom. The molecule has 1 aliphatic rings. The first kappa shape index (κ1) is 8.59. The van der Waals surface area contributed by atoms with Crippen molar-refractivity contribution in [2.24, 2.45) is 0 Å². The number of aromatic nitrogens is 3. The second-order valence-electron chi connectivity index (χ2n) is 3.78. The molecule has 3 nitrogen and oxygen atoms in total. The highest BCUT2D eigenvalue weighted by Gasteiger charge is 2.25. The van der Waals surface area contributed by atoms with Crippen molar-refractivity contribution in [1.29, 1.82) is 0 Å². The molecule has 1 aliphatic carbocycles. The van der Waals surface area contributed by atoms with E-state index in [-0.39, 0.29) is 0 Å². The normalized spacial score (nSPS) is 15.5. The second kappa shape index (κ2) is 3.15. The zero-order chi connectivity index (χ0) is 10.3. The first-order valence-corrected chi connectivity index (χ1v) is 5.01. The van der Waals surface area contributed by atoms with Crippen LogP contribution in [0.15, 0.2) is 30.5 Å². The SMILES string of the molecule is Fc1cccc(-n2ccc(C3CC3)n2)n1. The van der Waals surface area contributed by atoms with Gasteiger partial charge in [-0.3, -0.25) is 0 Å². The van der Waals surface area contributed by atoms with Gasteiger partial charge in [-0.25, -0.2) is 9.67 Å². The average Bonchev–Trinajstić information content (AvgIpc) is 2.97. The van der Waals surface area contributed by atoms with Gasteiger partial charge in [0.2, 0.25) is 5.95 Å². The van der Waals surface area contributed by atoms with Crippen molar-refractivity contribution in [3.8, 4) is 5.82 Å². The van der Waals surface area contributed by atoms with Crippen LogP contribution in [0.1, 0.15) is 24.5 Å². The minimum absolute atomic E-state index is 0.476. The van der Waals surface area contributed by atoms with Gasteiger partial charge in [0.15, 0.2) is 5.82 Å². The summed E-state index contributed by atoms with van der Waals surface area (Å²) in [4.78, 5) is 3.77. The van der Waals surface area contributed by atoms with E-state index >= 15 is 0 Å². The molecule has 0 radical (unpaired) electrons. The maximum atomic E-state index is 12.9. The van der Waals surface area contributed by atoms with E-state index < -0.39 is 5.95 Å². The highest BCUT2D eigenvalue weighted by Crippen LogP contribution is 2.38. The maximum Gasteiger partial charge on any atom is 0.214 e. The van der Waals surface area contributed by atoms with Crippen molar-refractivity contribution >= 4 is 0 Å². The molecule has 3 rings (SSSR count). The molecule has 2 heterocycles. The van der Waals surface area contributed by atoms with Gasteiger partial charge in [0, 0.05) is 12.1 Å². The standard InChI is InChI=1S/C11H10FN3/c12-10-2-1-3-11(13-10)15-7-6-9(14-15)8-4-5-8/h1-3,6-8H,4-5H2. The maximum absolute atomic E-state index is 12.9. The molecule has 0 saturated heterocycles. The van der Waals surface area contributed by atoms with E-state index in [2.05, 4.69) is 10.1 Å². The van der Waals surface area contributed by atoms with Gasteiger partial charge in [-0.05, 0) is 31.0 Å². The van der Waals surface area contributed by atoms with Crippen molar-refractivity contribution in [2.45, 2.75) is 18.8 Å². The third-order valence-electron chi connectivity index (χ3n) is 2.54. The number of nitrogens with zero attached hydrogens (tertiary/aromatic N) is 3. The molecule has 0 unspecified atom stereocenters. The van der Waals surface area contributed by atoms with Gasteiger partial charge >= 0.3 is 0 Å². The minimum atomic E-state index is -0.476. The minimum Gasteiger partial charge on any atom is -0.222 e. The van der Waals surface area contributed by atoms with Crippen LogP contribution in [-0.4, -0.2) is 14.8 Å². The lowest BCUT2D eigenvalue weighted by atomic mass is 10.3. The number of rotatable bonds is 2. The lowest BCUT2D eigenvalue weighted by Crippen LogP contribution is -1.99. The van der Waals surface area contributed by atoms with Crippen molar-refractivity contribution in [3.05, 3.63) is 42.1 Å². The van der Waals surface area contributed by atoms with Gasteiger partial charge in [0.25, 0.3) is 0 Å². The molecule has 1 saturated carbocycles. The molecular weight excluding hydrogens is 193 g/mol. The van der Waals surface area contributed by atoms with Crippen LogP contribution in [0.3, 0.4) is 0 Å². The summed E-state index contributed by atoms with van der Waals surface area (Å²) in [6.45, 7) is 0. The van der Waals surface area contributed by atoms with E-state index in [1.165, 1.54) is 18.9 Å². The van der Waals surface area contributed by atoms with Crippen LogP contribution in [0.25, 0.3) is 5.82 Å². The summed E-state index contributed by atoms with van der Waals surface area (Å²) in [7, 11) is 0. The van der Waals surface area contributed by atoms with E-state index in [1.54, 1.807) is 16.8 Å². The van der Waals surface area contributed by atoms with E-state index in [1.807, 2.05) is 12.3 Å². The van der Waals surface area contributed by atoms with Gasteiger partial charge in [-0.2, -0.15) is 9.49 Å². The Balaban J connectivity index is 1.97. The largest absolute Gasteiger partial charge is 0.222 e. The predicted molar refractivity (Wildman–Crippen MR) is 53.3 cm³/mol. The lowest BCUT2D eigenvalue weighted by molar-refractivity contribution is 0.577. The second-order valence-corrected chi connectivity index (χ2v) is 3.78. The quantitative estimate of drug-likeness (QED) is 0.701. The zero-order valence-corrected chi connectivity index (χ0v) is 8.10. The van der Waals surface area contributed by atoms with Gasteiger partial charge in [-0.1, -0.05) is 6.07 Å². The molecule has 0 spiro atoms. The molecule has 0 aliphatic heterocycles. The van der Waals surface area contributed by atoms with Crippen LogP contribution in [0, 0.1) is 5.95 Å². The predicted octanol–water partition coefficient (Wildman–Crippen LogP) is 2.28. The fourth-order valence-corrected chi connectivity index (χ4v) is 1.59. The van der Waals surface area contributed by atoms with Crippen LogP contribution in [0.2, 0.25) is 0 Å².